The summed E-state index contributed by atoms with van der Waals surface area (Å²) in [6.07, 6.45) is 0.337. The summed E-state index contributed by atoms with van der Waals surface area (Å²) in [6, 6.07) is 8.93. The van der Waals surface area contributed by atoms with Crippen LogP contribution in [0.2, 0.25) is 10.0 Å². The number of thiophene rings is 1. The molecule has 1 aromatic carbocycles. The van der Waals surface area contributed by atoms with Crippen LogP contribution in [-0.2, 0) is 6.42 Å². The molecular weight excluding hydrogens is 343 g/mol. The molecule has 0 saturated carbocycles. The third kappa shape index (κ3) is 3.32. The molecule has 0 saturated heterocycles. The lowest BCUT2D eigenvalue weighted by Crippen LogP contribution is -2.00. The van der Waals surface area contributed by atoms with Gasteiger partial charge < -0.3 is 0 Å². The zero-order valence-corrected chi connectivity index (χ0v) is 12.5. The molecule has 2 aromatic rings. The van der Waals surface area contributed by atoms with Crippen molar-refractivity contribution in [1.29, 1.82) is 0 Å². The Bertz CT molecular complexity index is 565. The molecular formula is C12H7BrCl2OS. The third-order valence-electron chi connectivity index (χ3n) is 2.20. The predicted molar refractivity (Wildman–Crippen MR) is 76.5 cm³/mol. The van der Waals surface area contributed by atoms with Crippen LogP contribution in [0.5, 0.6) is 0 Å². The van der Waals surface area contributed by atoms with Crippen molar-refractivity contribution < 1.29 is 4.79 Å². The Morgan fingerprint density at radius 1 is 1.18 bits per heavy atom. The summed E-state index contributed by atoms with van der Waals surface area (Å²) in [5.74, 6) is 0.0825. The number of hydrogen-bond acceptors (Lipinski definition) is 2. The Morgan fingerprint density at radius 3 is 2.53 bits per heavy atom. The lowest BCUT2D eigenvalue weighted by Gasteiger charge is -2.01. The summed E-state index contributed by atoms with van der Waals surface area (Å²) in [4.78, 5) is 12.7. The normalized spacial score (nSPS) is 10.5. The standard InChI is InChI=1S/C12H7BrCl2OS/c13-12-4-3-11(17-12)10(16)6-7-1-2-8(14)9(15)5-7/h1-5H,6H2. The quantitative estimate of drug-likeness (QED) is 0.692. The van der Waals surface area contributed by atoms with Gasteiger partial charge in [0.1, 0.15) is 0 Å². The Kier molecular flexibility index (Phi) is 4.26. The molecule has 2 rings (SSSR count). The van der Waals surface area contributed by atoms with Crippen LogP contribution in [-0.4, -0.2) is 5.78 Å². The van der Waals surface area contributed by atoms with Crippen LogP contribution >= 0.6 is 50.5 Å². The Labute approximate surface area is 121 Å². The molecule has 0 radical (unpaired) electrons. The lowest BCUT2D eigenvalue weighted by molar-refractivity contribution is 0.0997. The first-order chi connectivity index (χ1) is 8.06. The van der Waals surface area contributed by atoms with Gasteiger partial charge in [0.25, 0.3) is 0 Å². The first-order valence-corrected chi connectivity index (χ1v) is 7.15. The van der Waals surface area contributed by atoms with E-state index in [2.05, 4.69) is 15.9 Å². The van der Waals surface area contributed by atoms with E-state index in [1.54, 1.807) is 12.1 Å². The zero-order chi connectivity index (χ0) is 12.4. The second-order valence-corrected chi connectivity index (χ2v) is 6.73. The molecule has 0 spiro atoms. The Morgan fingerprint density at radius 2 is 1.94 bits per heavy atom. The van der Waals surface area contributed by atoms with E-state index in [4.69, 9.17) is 23.2 Å². The van der Waals surface area contributed by atoms with Gasteiger partial charge in [0.05, 0.1) is 18.7 Å². The van der Waals surface area contributed by atoms with Gasteiger partial charge in [0.2, 0.25) is 0 Å². The Balaban J connectivity index is 2.15. The van der Waals surface area contributed by atoms with Gasteiger partial charge >= 0.3 is 0 Å². The number of carbonyl (C=O) groups is 1. The average molecular weight is 350 g/mol. The van der Waals surface area contributed by atoms with Crippen molar-refractivity contribution in [3.8, 4) is 0 Å². The van der Waals surface area contributed by atoms with Gasteiger partial charge in [-0.3, -0.25) is 4.79 Å². The van der Waals surface area contributed by atoms with E-state index in [0.717, 1.165) is 14.2 Å². The predicted octanol–water partition coefficient (Wildman–Crippen LogP) is 5.24. The first-order valence-electron chi connectivity index (χ1n) is 4.79. The smallest absolute Gasteiger partial charge is 0.177 e. The van der Waals surface area contributed by atoms with E-state index in [-0.39, 0.29) is 5.78 Å². The largest absolute Gasteiger partial charge is 0.293 e. The van der Waals surface area contributed by atoms with Gasteiger partial charge in [-0.15, -0.1) is 11.3 Å². The van der Waals surface area contributed by atoms with Crippen molar-refractivity contribution in [2.24, 2.45) is 0 Å². The van der Waals surface area contributed by atoms with Crippen molar-refractivity contribution >= 4 is 56.3 Å². The SMILES string of the molecule is O=C(Cc1ccc(Cl)c(Cl)c1)c1ccc(Br)s1. The van der Waals surface area contributed by atoms with Crippen molar-refractivity contribution in [1.82, 2.24) is 0 Å². The maximum absolute atomic E-state index is 11.9. The number of ketones is 1. The minimum Gasteiger partial charge on any atom is -0.293 e. The molecule has 1 heterocycles. The van der Waals surface area contributed by atoms with Crippen molar-refractivity contribution in [2.75, 3.05) is 0 Å². The summed E-state index contributed by atoms with van der Waals surface area (Å²) in [7, 11) is 0. The molecule has 0 atom stereocenters. The van der Waals surface area contributed by atoms with Gasteiger partial charge in [-0.1, -0.05) is 29.3 Å². The fourth-order valence-corrected chi connectivity index (χ4v) is 3.03. The van der Waals surface area contributed by atoms with Crippen LogP contribution < -0.4 is 0 Å². The molecule has 88 valence electrons. The van der Waals surface area contributed by atoms with Crippen LogP contribution in [0.4, 0.5) is 0 Å². The summed E-state index contributed by atoms with van der Waals surface area (Å²) in [5.41, 5.74) is 0.869. The highest BCUT2D eigenvalue weighted by molar-refractivity contribution is 9.11. The van der Waals surface area contributed by atoms with E-state index in [9.17, 15) is 4.79 Å². The highest BCUT2D eigenvalue weighted by Gasteiger charge is 2.10. The summed E-state index contributed by atoms with van der Waals surface area (Å²) >= 11 is 16.5. The average Bonchev–Trinajstić information content (AvgIpc) is 2.70. The van der Waals surface area contributed by atoms with E-state index >= 15 is 0 Å². The summed E-state index contributed by atoms with van der Waals surface area (Å²) in [6.45, 7) is 0. The third-order valence-corrected chi connectivity index (χ3v) is 4.60. The van der Waals surface area contributed by atoms with Crippen LogP contribution in [0.25, 0.3) is 0 Å². The summed E-state index contributed by atoms with van der Waals surface area (Å²) < 4.78 is 0.954. The number of rotatable bonds is 3. The van der Waals surface area contributed by atoms with Gasteiger partial charge in [-0.25, -0.2) is 0 Å². The maximum atomic E-state index is 11.9. The number of benzene rings is 1. The molecule has 1 aromatic heterocycles. The molecule has 1 nitrogen and oxygen atoms in total. The molecule has 0 aliphatic carbocycles. The fraction of sp³-hybridized carbons (Fsp3) is 0.0833. The molecule has 0 aliphatic rings. The van der Waals surface area contributed by atoms with Crippen LogP contribution in [0.15, 0.2) is 34.1 Å². The number of Topliss-reactive ketones (excluding diaryl/α,β-unsaturated/α-hetero) is 1. The van der Waals surface area contributed by atoms with E-state index < -0.39 is 0 Å². The molecule has 0 fully saturated rings. The Hall–Kier alpha value is -0.350. The highest BCUT2D eigenvalue weighted by atomic mass is 79.9. The van der Waals surface area contributed by atoms with Crippen LogP contribution in [0.3, 0.4) is 0 Å². The monoisotopic (exact) mass is 348 g/mol. The van der Waals surface area contributed by atoms with E-state index in [0.29, 0.717) is 16.5 Å². The van der Waals surface area contributed by atoms with Crippen molar-refractivity contribution in [3.63, 3.8) is 0 Å². The maximum Gasteiger partial charge on any atom is 0.177 e. The zero-order valence-electron chi connectivity index (χ0n) is 8.54. The van der Waals surface area contributed by atoms with Crippen LogP contribution in [0.1, 0.15) is 15.2 Å². The molecule has 0 amide bonds. The van der Waals surface area contributed by atoms with E-state index in [1.807, 2.05) is 18.2 Å². The van der Waals surface area contributed by atoms with E-state index in [1.165, 1.54) is 11.3 Å². The minimum atomic E-state index is 0.0825. The highest BCUT2D eigenvalue weighted by Crippen LogP contribution is 2.25. The summed E-state index contributed by atoms with van der Waals surface area (Å²) in [5, 5.41) is 0.978. The molecule has 0 bridgehead atoms. The number of halogens is 3. The van der Waals surface area contributed by atoms with Crippen LogP contribution in [0, 0.1) is 0 Å². The number of carbonyl (C=O) groups excluding carboxylic acids is 1. The molecule has 0 aliphatic heterocycles. The molecule has 0 N–H and O–H groups in total. The molecule has 17 heavy (non-hydrogen) atoms. The fourth-order valence-electron chi connectivity index (χ4n) is 1.39. The van der Waals surface area contributed by atoms with Gasteiger partial charge in [-0.05, 0) is 45.8 Å². The van der Waals surface area contributed by atoms with Crippen molar-refractivity contribution in [2.45, 2.75) is 6.42 Å². The topological polar surface area (TPSA) is 17.1 Å². The lowest BCUT2D eigenvalue weighted by atomic mass is 10.1. The first kappa shape index (κ1) is 13.1. The van der Waals surface area contributed by atoms with Gasteiger partial charge in [0, 0.05) is 6.42 Å². The number of hydrogen-bond donors (Lipinski definition) is 0. The molecule has 0 unspecified atom stereocenters. The second kappa shape index (κ2) is 5.53. The van der Waals surface area contributed by atoms with Gasteiger partial charge in [-0.2, -0.15) is 0 Å². The van der Waals surface area contributed by atoms with Gasteiger partial charge in [0.15, 0.2) is 5.78 Å². The molecule has 5 heteroatoms. The minimum absolute atomic E-state index is 0.0825. The van der Waals surface area contributed by atoms with Crippen molar-refractivity contribution in [3.05, 3.63) is 54.6 Å². The second-order valence-electron chi connectivity index (χ2n) is 3.45.